The van der Waals surface area contributed by atoms with Crippen LogP contribution < -0.4 is 0 Å². The Hall–Kier alpha value is -1.28. The molecule has 16 heavy (non-hydrogen) atoms. The maximum Gasteiger partial charge on any atom is 0.173 e. The molecular formula is C14H14OS. The lowest BCUT2D eigenvalue weighted by atomic mass is 10.0. The van der Waals surface area contributed by atoms with Crippen molar-refractivity contribution in [3.63, 3.8) is 0 Å². The molecule has 2 aromatic carbocycles. The number of hydrogen-bond donors (Lipinski definition) is 0. The third-order valence-electron chi connectivity index (χ3n) is 2.53. The number of Topliss-reactive ketones (excluding diaryl/α,β-unsaturated/α-hetero) is 1. The number of fused-ring (bicyclic) bond motifs is 1. The molecule has 0 amide bonds. The Bertz CT molecular complexity index is 500. The number of rotatable bonds is 4. The lowest BCUT2D eigenvalue weighted by Gasteiger charge is -2.04. The van der Waals surface area contributed by atoms with Gasteiger partial charge in [-0.1, -0.05) is 49.4 Å². The smallest absolute Gasteiger partial charge is 0.173 e. The number of benzene rings is 2. The third kappa shape index (κ3) is 2.27. The average molecular weight is 230 g/mol. The van der Waals surface area contributed by atoms with E-state index in [1.165, 1.54) is 0 Å². The summed E-state index contributed by atoms with van der Waals surface area (Å²) in [5.41, 5.74) is 0.846. The van der Waals surface area contributed by atoms with E-state index in [4.69, 9.17) is 0 Å². The van der Waals surface area contributed by atoms with Gasteiger partial charge < -0.3 is 0 Å². The summed E-state index contributed by atoms with van der Waals surface area (Å²) in [5.74, 6) is 1.78. The largest absolute Gasteiger partial charge is 0.293 e. The minimum absolute atomic E-state index is 0.226. The molecule has 0 bridgehead atoms. The molecule has 0 N–H and O–H groups in total. The summed E-state index contributed by atoms with van der Waals surface area (Å²) in [6.07, 6.45) is 0. The molecule has 0 aliphatic heterocycles. The number of ketones is 1. The summed E-state index contributed by atoms with van der Waals surface area (Å²) in [4.78, 5) is 12.0. The first-order valence-electron chi connectivity index (χ1n) is 5.41. The fraction of sp³-hybridized carbons (Fsp3) is 0.214. The zero-order valence-electron chi connectivity index (χ0n) is 9.27. The van der Waals surface area contributed by atoms with Crippen LogP contribution in [-0.2, 0) is 0 Å². The molecule has 2 rings (SSSR count). The van der Waals surface area contributed by atoms with E-state index in [1.54, 1.807) is 11.8 Å². The van der Waals surface area contributed by atoms with Crippen molar-refractivity contribution >= 4 is 28.3 Å². The van der Waals surface area contributed by atoms with E-state index in [9.17, 15) is 4.79 Å². The van der Waals surface area contributed by atoms with Gasteiger partial charge in [-0.05, 0) is 16.5 Å². The van der Waals surface area contributed by atoms with Crippen molar-refractivity contribution in [2.24, 2.45) is 0 Å². The van der Waals surface area contributed by atoms with Gasteiger partial charge in [-0.25, -0.2) is 0 Å². The number of thioether (sulfide) groups is 1. The molecule has 0 atom stereocenters. The van der Waals surface area contributed by atoms with Crippen molar-refractivity contribution in [3.8, 4) is 0 Å². The van der Waals surface area contributed by atoms with Crippen LogP contribution in [0.25, 0.3) is 10.8 Å². The molecule has 2 heteroatoms. The van der Waals surface area contributed by atoms with Crippen LogP contribution in [0.2, 0.25) is 0 Å². The monoisotopic (exact) mass is 230 g/mol. The molecule has 82 valence electrons. The molecule has 0 unspecified atom stereocenters. The second kappa shape index (κ2) is 5.17. The minimum Gasteiger partial charge on any atom is -0.293 e. The highest BCUT2D eigenvalue weighted by Crippen LogP contribution is 2.20. The molecule has 0 aliphatic carbocycles. The van der Waals surface area contributed by atoms with E-state index in [-0.39, 0.29) is 5.78 Å². The topological polar surface area (TPSA) is 17.1 Å². The fourth-order valence-corrected chi connectivity index (χ4v) is 2.29. The first-order chi connectivity index (χ1) is 7.83. The Balaban J connectivity index is 2.40. The normalized spacial score (nSPS) is 10.6. The zero-order valence-corrected chi connectivity index (χ0v) is 10.1. The summed E-state index contributed by atoms with van der Waals surface area (Å²) >= 11 is 1.67. The van der Waals surface area contributed by atoms with Gasteiger partial charge in [0.15, 0.2) is 5.78 Å². The molecule has 0 heterocycles. The summed E-state index contributed by atoms with van der Waals surface area (Å²) in [6.45, 7) is 2.07. The molecule has 0 radical (unpaired) electrons. The Labute approximate surface area is 99.9 Å². The fourth-order valence-electron chi connectivity index (χ4n) is 1.74. The second-order valence-electron chi connectivity index (χ2n) is 3.59. The van der Waals surface area contributed by atoms with Gasteiger partial charge in [-0.2, -0.15) is 11.8 Å². The van der Waals surface area contributed by atoms with Gasteiger partial charge in [0.2, 0.25) is 0 Å². The van der Waals surface area contributed by atoms with Crippen molar-refractivity contribution in [2.45, 2.75) is 6.92 Å². The minimum atomic E-state index is 0.226. The Kier molecular flexibility index (Phi) is 3.62. The molecule has 0 saturated carbocycles. The molecule has 1 nitrogen and oxygen atoms in total. The van der Waals surface area contributed by atoms with Crippen LogP contribution in [0.1, 0.15) is 17.3 Å². The van der Waals surface area contributed by atoms with E-state index in [0.29, 0.717) is 5.75 Å². The molecule has 0 fully saturated rings. The van der Waals surface area contributed by atoms with Gasteiger partial charge in [0, 0.05) is 5.56 Å². The van der Waals surface area contributed by atoms with Crippen molar-refractivity contribution in [1.29, 1.82) is 0 Å². The van der Waals surface area contributed by atoms with Crippen molar-refractivity contribution in [3.05, 3.63) is 48.0 Å². The maximum atomic E-state index is 12.0. The first-order valence-corrected chi connectivity index (χ1v) is 6.57. The van der Waals surface area contributed by atoms with Crippen LogP contribution in [0, 0.1) is 0 Å². The highest BCUT2D eigenvalue weighted by atomic mass is 32.2. The summed E-state index contributed by atoms with van der Waals surface area (Å²) in [7, 11) is 0. The standard InChI is InChI=1S/C14H14OS/c1-2-16-10-14(15)13-9-5-7-11-6-3-4-8-12(11)13/h3-9H,2,10H2,1H3. The van der Waals surface area contributed by atoms with Gasteiger partial charge in [0.25, 0.3) is 0 Å². The molecule has 0 spiro atoms. The average Bonchev–Trinajstić information content (AvgIpc) is 2.35. The van der Waals surface area contributed by atoms with Crippen LogP contribution in [-0.4, -0.2) is 17.3 Å². The number of carbonyl (C=O) groups is 1. The van der Waals surface area contributed by atoms with E-state index >= 15 is 0 Å². The van der Waals surface area contributed by atoms with E-state index in [1.807, 2.05) is 42.5 Å². The Morgan fingerprint density at radius 1 is 1.12 bits per heavy atom. The van der Waals surface area contributed by atoms with Crippen LogP contribution in [0.15, 0.2) is 42.5 Å². The summed E-state index contributed by atoms with van der Waals surface area (Å²) < 4.78 is 0. The number of hydrogen-bond acceptors (Lipinski definition) is 2. The quantitative estimate of drug-likeness (QED) is 0.744. The van der Waals surface area contributed by atoms with Gasteiger partial charge in [-0.3, -0.25) is 4.79 Å². The zero-order chi connectivity index (χ0) is 11.4. The highest BCUT2D eigenvalue weighted by molar-refractivity contribution is 7.99. The molecule has 0 saturated heterocycles. The molecule has 0 aromatic heterocycles. The summed E-state index contributed by atoms with van der Waals surface area (Å²) in [5, 5.41) is 2.20. The van der Waals surface area contributed by atoms with Crippen molar-refractivity contribution < 1.29 is 4.79 Å². The van der Waals surface area contributed by atoms with Crippen molar-refractivity contribution in [1.82, 2.24) is 0 Å². The van der Waals surface area contributed by atoms with Crippen molar-refractivity contribution in [2.75, 3.05) is 11.5 Å². The Morgan fingerprint density at radius 2 is 1.88 bits per heavy atom. The Morgan fingerprint density at radius 3 is 2.69 bits per heavy atom. The molecular weight excluding hydrogens is 216 g/mol. The summed E-state index contributed by atoms with van der Waals surface area (Å²) in [6, 6.07) is 13.9. The van der Waals surface area contributed by atoms with Crippen LogP contribution >= 0.6 is 11.8 Å². The predicted molar refractivity (Wildman–Crippen MR) is 71.3 cm³/mol. The number of carbonyl (C=O) groups excluding carboxylic acids is 1. The van der Waals surface area contributed by atoms with Gasteiger partial charge >= 0.3 is 0 Å². The van der Waals surface area contributed by atoms with Crippen LogP contribution in [0.5, 0.6) is 0 Å². The second-order valence-corrected chi connectivity index (χ2v) is 4.86. The van der Waals surface area contributed by atoms with E-state index in [0.717, 1.165) is 22.1 Å². The van der Waals surface area contributed by atoms with Crippen LogP contribution in [0.3, 0.4) is 0 Å². The lowest BCUT2D eigenvalue weighted by molar-refractivity contribution is 0.102. The lowest BCUT2D eigenvalue weighted by Crippen LogP contribution is -2.03. The third-order valence-corrected chi connectivity index (χ3v) is 3.40. The maximum absolute atomic E-state index is 12.0. The van der Waals surface area contributed by atoms with E-state index in [2.05, 4.69) is 6.92 Å². The first kappa shape index (κ1) is 11.2. The highest BCUT2D eigenvalue weighted by Gasteiger charge is 2.08. The SMILES string of the molecule is CCSCC(=O)c1cccc2ccccc12. The molecule has 0 aliphatic rings. The van der Waals surface area contributed by atoms with Gasteiger partial charge in [0.05, 0.1) is 5.75 Å². The predicted octanol–water partition coefficient (Wildman–Crippen LogP) is 3.78. The van der Waals surface area contributed by atoms with Gasteiger partial charge in [0.1, 0.15) is 0 Å². The van der Waals surface area contributed by atoms with E-state index < -0.39 is 0 Å². The molecule has 2 aromatic rings. The van der Waals surface area contributed by atoms with Crippen LogP contribution in [0.4, 0.5) is 0 Å². The van der Waals surface area contributed by atoms with Gasteiger partial charge in [-0.15, -0.1) is 0 Å².